The number of carbonyl (C=O) groups is 1. The van der Waals surface area contributed by atoms with Crippen molar-refractivity contribution >= 4 is 29.0 Å². The van der Waals surface area contributed by atoms with Crippen LogP contribution in [0.2, 0.25) is 5.02 Å². The lowest BCUT2D eigenvalue weighted by Gasteiger charge is -2.12. The lowest BCUT2D eigenvalue weighted by molar-refractivity contribution is -0.384. The number of rotatable bonds is 6. The summed E-state index contributed by atoms with van der Waals surface area (Å²) < 4.78 is 2.75. The molecule has 2 aromatic carbocycles. The zero-order valence-electron chi connectivity index (χ0n) is 17.3. The maximum absolute atomic E-state index is 12.9. The van der Waals surface area contributed by atoms with E-state index in [1.807, 2.05) is 6.07 Å². The van der Waals surface area contributed by atoms with Crippen molar-refractivity contribution in [2.75, 3.05) is 5.32 Å². The lowest BCUT2D eigenvalue weighted by atomic mass is 10.2. The van der Waals surface area contributed by atoms with Gasteiger partial charge >= 0.3 is 0 Å². The summed E-state index contributed by atoms with van der Waals surface area (Å²) in [5.74, 6) is -0.417. The third-order valence-electron chi connectivity index (χ3n) is 4.81. The molecule has 166 valence electrons. The van der Waals surface area contributed by atoms with Gasteiger partial charge in [-0.05, 0) is 30.7 Å². The fourth-order valence-electron chi connectivity index (χ4n) is 3.29. The number of benzene rings is 2. The molecule has 0 aliphatic heterocycles. The predicted octanol–water partition coefficient (Wildman–Crippen LogP) is 3.60. The van der Waals surface area contributed by atoms with Gasteiger partial charge in [0.05, 0.1) is 17.7 Å². The summed E-state index contributed by atoms with van der Waals surface area (Å²) >= 11 is 6.03. The van der Waals surface area contributed by atoms with Crippen molar-refractivity contribution in [3.05, 3.63) is 109 Å². The minimum absolute atomic E-state index is 0.139. The summed E-state index contributed by atoms with van der Waals surface area (Å²) in [6.07, 6.45) is 1.51. The zero-order chi connectivity index (χ0) is 23.5. The van der Waals surface area contributed by atoms with Crippen LogP contribution < -0.4 is 10.7 Å². The van der Waals surface area contributed by atoms with E-state index in [0.29, 0.717) is 23.1 Å². The Balaban J connectivity index is 1.66. The van der Waals surface area contributed by atoms with Crippen LogP contribution in [-0.2, 0) is 6.54 Å². The van der Waals surface area contributed by atoms with Crippen molar-refractivity contribution < 1.29 is 9.72 Å². The van der Waals surface area contributed by atoms with Crippen molar-refractivity contribution in [3.8, 4) is 5.69 Å². The van der Waals surface area contributed by atoms with Gasteiger partial charge in [-0.3, -0.25) is 19.7 Å². The van der Waals surface area contributed by atoms with E-state index >= 15 is 0 Å². The van der Waals surface area contributed by atoms with Crippen LogP contribution in [0.1, 0.15) is 21.7 Å². The molecule has 4 rings (SSSR count). The monoisotopic (exact) mass is 464 g/mol. The van der Waals surface area contributed by atoms with Crippen molar-refractivity contribution in [2.45, 2.75) is 13.5 Å². The highest BCUT2D eigenvalue weighted by molar-refractivity contribution is 6.30. The molecule has 10 nitrogen and oxygen atoms in total. The molecule has 0 saturated carbocycles. The molecule has 0 aliphatic carbocycles. The molecule has 0 unspecified atom stereocenters. The minimum Gasteiger partial charge on any atom is -0.305 e. The van der Waals surface area contributed by atoms with Crippen LogP contribution in [0.4, 0.5) is 11.5 Å². The standard InChI is InChI=1S/C22H17ClN6O4/c1-14-11-19(30)21(26-28(14)17-7-2-3-8-18(17)29(32)33)22(31)25-20-9-10-24-27(20)13-15-5-4-6-16(23)12-15/h2-12H,13H2,1H3,(H,25,31). The Morgan fingerprint density at radius 3 is 2.70 bits per heavy atom. The second kappa shape index (κ2) is 9.05. The van der Waals surface area contributed by atoms with E-state index in [1.54, 1.807) is 41.9 Å². The Morgan fingerprint density at radius 1 is 1.15 bits per heavy atom. The number of nitro benzene ring substituents is 1. The van der Waals surface area contributed by atoms with Crippen molar-refractivity contribution in [1.82, 2.24) is 19.6 Å². The molecule has 1 amide bonds. The Hall–Kier alpha value is -4.31. The van der Waals surface area contributed by atoms with Gasteiger partial charge < -0.3 is 5.32 Å². The normalized spacial score (nSPS) is 10.7. The third kappa shape index (κ3) is 4.65. The number of nitrogens with zero attached hydrogens (tertiary/aromatic N) is 5. The van der Waals surface area contributed by atoms with E-state index in [0.717, 1.165) is 5.56 Å². The van der Waals surface area contributed by atoms with Crippen LogP contribution >= 0.6 is 11.6 Å². The van der Waals surface area contributed by atoms with E-state index < -0.39 is 22.0 Å². The first kappa shape index (κ1) is 21.9. The van der Waals surface area contributed by atoms with E-state index in [1.165, 1.54) is 35.1 Å². The molecule has 0 bridgehead atoms. The summed E-state index contributed by atoms with van der Waals surface area (Å²) in [4.78, 5) is 36.3. The molecule has 0 saturated heterocycles. The van der Waals surface area contributed by atoms with Crippen molar-refractivity contribution in [1.29, 1.82) is 0 Å². The van der Waals surface area contributed by atoms with Crippen LogP contribution in [-0.4, -0.2) is 30.4 Å². The molecule has 0 fully saturated rings. The van der Waals surface area contributed by atoms with Gasteiger partial charge in [0, 0.05) is 28.9 Å². The van der Waals surface area contributed by atoms with Crippen LogP contribution in [0.5, 0.6) is 0 Å². The van der Waals surface area contributed by atoms with Gasteiger partial charge in [-0.2, -0.15) is 10.2 Å². The summed E-state index contributed by atoms with van der Waals surface area (Å²) in [5.41, 5.74) is 0.128. The van der Waals surface area contributed by atoms with Gasteiger partial charge in [-0.1, -0.05) is 35.9 Å². The number of nitrogens with one attached hydrogen (secondary N) is 1. The number of hydrogen-bond acceptors (Lipinski definition) is 6. The van der Waals surface area contributed by atoms with Gasteiger partial charge in [0.1, 0.15) is 11.5 Å². The van der Waals surface area contributed by atoms with Gasteiger partial charge in [-0.25, -0.2) is 9.36 Å². The third-order valence-corrected chi connectivity index (χ3v) is 5.04. The Morgan fingerprint density at radius 2 is 1.94 bits per heavy atom. The first-order valence-electron chi connectivity index (χ1n) is 9.76. The Labute approximate surface area is 192 Å². The molecule has 2 aromatic heterocycles. The minimum atomic E-state index is -0.764. The molecular formula is C22H17ClN6O4. The van der Waals surface area contributed by atoms with Crippen LogP contribution in [0, 0.1) is 17.0 Å². The molecule has 1 N–H and O–H groups in total. The second-order valence-corrected chi connectivity index (χ2v) is 7.55. The second-order valence-electron chi connectivity index (χ2n) is 7.11. The topological polar surface area (TPSA) is 125 Å². The molecule has 2 heterocycles. The Bertz CT molecular complexity index is 1430. The largest absolute Gasteiger partial charge is 0.305 e. The maximum atomic E-state index is 12.9. The predicted molar refractivity (Wildman–Crippen MR) is 122 cm³/mol. The molecule has 4 aromatic rings. The quantitative estimate of drug-likeness (QED) is 0.343. The molecule has 33 heavy (non-hydrogen) atoms. The SMILES string of the molecule is Cc1cc(=O)c(C(=O)Nc2ccnn2Cc2cccc(Cl)c2)nn1-c1ccccc1[N+](=O)[O-]. The number of anilines is 1. The molecule has 11 heteroatoms. The summed E-state index contributed by atoms with van der Waals surface area (Å²) in [7, 11) is 0. The van der Waals surface area contributed by atoms with E-state index in [-0.39, 0.29) is 11.4 Å². The van der Waals surface area contributed by atoms with Crippen LogP contribution in [0.3, 0.4) is 0 Å². The summed E-state index contributed by atoms with van der Waals surface area (Å²) in [6.45, 7) is 1.91. The molecule has 0 atom stereocenters. The van der Waals surface area contributed by atoms with E-state index in [4.69, 9.17) is 11.6 Å². The number of halogens is 1. The molecule has 0 aliphatic rings. The van der Waals surface area contributed by atoms with Crippen LogP contribution in [0.15, 0.2) is 71.7 Å². The average molecular weight is 465 g/mol. The van der Waals surface area contributed by atoms with Crippen LogP contribution in [0.25, 0.3) is 5.69 Å². The number of hydrogen-bond donors (Lipinski definition) is 1. The Kier molecular flexibility index (Phi) is 6.01. The van der Waals surface area contributed by atoms with Gasteiger partial charge in [0.25, 0.3) is 11.6 Å². The number of amides is 1. The number of para-hydroxylation sites is 2. The highest BCUT2D eigenvalue weighted by Crippen LogP contribution is 2.22. The van der Waals surface area contributed by atoms with Gasteiger partial charge in [0.15, 0.2) is 5.69 Å². The maximum Gasteiger partial charge on any atom is 0.294 e. The first-order valence-corrected chi connectivity index (χ1v) is 10.1. The first-order chi connectivity index (χ1) is 15.8. The number of nitro groups is 1. The number of aryl methyl sites for hydroxylation is 1. The smallest absolute Gasteiger partial charge is 0.294 e. The van der Waals surface area contributed by atoms with Crippen molar-refractivity contribution in [3.63, 3.8) is 0 Å². The number of aromatic nitrogens is 4. The fraction of sp³-hybridized carbons (Fsp3) is 0.0909. The van der Waals surface area contributed by atoms with Crippen molar-refractivity contribution in [2.24, 2.45) is 0 Å². The molecule has 0 radical (unpaired) electrons. The zero-order valence-corrected chi connectivity index (χ0v) is 18.1. The number of carbonyl (C=O) groups excluding carboxylic acids is 1. The van der Waals surface area contributed by atoms with Gasteiger partial charge in [0.2, 0.25) is 5.43 Å². The fourth-order valence-corrected chi connectivity index (χ4v) is 3.51. The lowest BCUT2D eigenvalue weighted by Crippen LogP contribution is -2.28. The van der Waals surface area contributed by atoms with E-state index in [9.17, 15) is 19.7 Å². The summed E-state index contributed by atoms with van der Waals surface area (Å²) in [5, 5.41) is 23.0. The van der Waals surface area contributed by atoms with E-state index in [2.05, 4.69) is 15.5 Å². The molecule has 0 spiro atoms. The highest BCUT2D eigenvalue weighted by Gasteiger charge is 2.21. The highest BCUT2D eigenvalue weighted by atomic mass is 35.5. The summed E-state index contributed by atoms with van der Waals surface area (Å²) in [6, 6.07) is 15.9. The average Bonchev–Trinajstić information content (AvgIpc) is 3.20. The van der Waals surface area contributed by atoms with Gasteiger partial charge in [-0.15, -0.1) is 0 Å². The molecular weight excluding hydrogens is 448 g/mol.